The normalized spacial score (nSPS) is 46.4. The molecule has 2 bridgehead atoms. The maximum Gasteiger partial charge on any atom is 0.226 e. The van der Waals surface area contributed by atoms with E-state index in [9.17, 15) is 4.79 Å². The third-order valence-corrected chi connectivity index (χ3v) is 5.97. The summed E-state index contributed by atoms with van der Waals surface area (Å²) in [5.74, 6) is 3.24. The van der Waals surface area contributed by atoms with E-state index < -0.39 is 0 Å². The number of hydrogen-bond donors (Lipinski definition) is 1. The van der Waals surface area contributed by atoms with Crippen molar-refractivity contribution in [2.45, 2.75) is 44.6 Å². The largest absolute Gasteiger partial charge is 0.341 e. The van der Waals surface area contributed by atoms with Gasteiger partial charge in [0.2, 0.25) is 5.91 Å². The van der Waals surface area contributed by atoms with Gasteiger partial charge in [0.25, 0.3) is 0 Å². The van der Waals surface area contributed by atoms with E-state index in [2.05, 4.69) is 10.2 Å². The molecule has 3 heteroatoms. The fraction of sp³-hybridized carbons (Fsp3) is 0.933. The molecule has 2 aliphatic carbocycles. The minimum atomic E-state index is 0.393. The summed E-state index contributed by atoms with van der Waals surface area (Å²) in [7, 11) is 0. The van der Waals surface area contributed by atoms with Crippen LogP contribution in [-0.2, 0) is 4.79 Å². The van der Waals surface area contributed by atoms with Crippen molar-refractivity contribution in [1.82, 2.24) is 10.2 Å². The van der Waals surface area contributed by atoms with Gasteiger partial charge >= 0.3 is 0 Å². The summed E-state index contributed by atoms with van der Waals surface area (Å²) in [6.07, 6.45) is 7.86. The fourth-order valence-electron chi connectivity index (χ4n) is 5.01. The van der Waals surface area contributed by atoms with Crippen LogP contribution in [0.3, 0.4) is 0 Å². The molecule has 2 saturated heterocycles. The van der Waals surface area contributed by atoms with E-state index in [0.29, 0.717) is 17.9 Å². The van der Waals surface area contributed by atoms with E-state index in [1.54, 1.807) is 0 Å². The quantitative estimate of drug-likeness (QED) is 0.765. The van der Waals surface area contributed by atoms with Gasteiger partial charge in [0, 0.05) is 25.0 Å². The monoisotopic (exact) mass is 248 g/mol. The number of carbonyl (C=O) groups excluding carboxylic acids is 1. The van der Waals surface area contributed by atoms with Crippen LogP contribution in [0, 0.1) is 23.7 Å². The summed E-state index contributed by atoms with van der Waals surface area (Å²) < 4.78 is 0. The number of nitrogens with zero attached hydrogens (tertiary/aromatic N) is 1. The second-order valence-electron chi connectivity index (χ2n) is 6.99. The maximum absolute atomic E-state index is 12.7. The second-order valence-corrected chi connectivity index (χ2v) is 6.99. The summed E-state index contributed by atoms with van der Waals surface area (Å²) in [6.45, 7) is 3.17. The van der Waals surface area contributed by atoms with Crippen LogP contribution in [-0.4, -0.2) is 36.5 Å². The Morgan fingerprint density at radius 2 is 2.00 bits per heavy atom. The van der Waals surface area contributed by atoms with E-state index in [-0.39, 0.29) is 0 Å². The molecule has 4 rings (SSSR count). The predicted molar refractivity (Wildman–Crippen MR) is 70.0 cm³/mol. The van der Waals surface area contributed by atoms with Crippen molar-refractivity contribution in [2.75, 3.05) is 19.6 Å². The fourth-order valence-corrected chi connectivity index (χ4v) is 5.01. The van der Waals surface area contributed by atoms with Crippen LogP contribution in [0.15, 0.2) is 0 Å². The maximum atomic E-state index is 12.7. The Labute approximate surface area is 109 Å². The first-order valence-electron chi connectivity index (χ1n) is 7.83. The predicted octanol–water partition coefficient (Wildman–Crippen LogP) is 1.63. The first-order chi connectivity index (χ1) is 8.81. The zero-order chi connectivity index (χ0) is 12.1. The van der Waals surface area contributed by atoms with Gasteiger partial charge in [-0.25, -0.2) is 0 Å². The van der Waals surface area contributed by atoms with Crippen molar-refractivity contribution in [3.63, 3.8) is 0 Å². The molecule has 100 valence electrons. The highest BCUT2D eigenvalue weighted by atomic mass is 16.2. The van der Waals surface area contributed by atoms with Crippen LogP contribution in [0.4, 0.5) is 0 Å². The highest BCUT2D eigenvalue weighted by Gasteiger charge is 2.46. The molecule has 4 fully saturated rings. The summed E-state index contributed by atoms with van der Waals surface area (Å²) in [5.41, 5.74) is 0. The Bertz CT molecular complexity index is 342. The van der Waals surface area contributed by atoms with Gasteiger partial charge in [-0.15, -0.1) is 0 Å². The van der Waals surface area contributed by atoms with Gasteiger partial charge in [-0.2, -0.15) is 0 Å². The van der Waals surface area contributed by atoms with E-state index in [1.165, 1.54) is 38.5 Å². The summed E-state index contributed by atoms with van der Waals surface area (Å²) in [5, 5.41) is 3.60. The first-order valence-corrected chi connectivity index (χ1v) is 7.83. The Balaban J connectivity index is 1.43. The zero-order valence-electron chi connectivity index (χ0n) is 11.1. The molecule has 1 amide bonds. The highest BCUT2D eigenvalue weighted by Crippen LogP contribution is 2.49. The SMILES string of the molecule is O=C(C1CC2CCC1C2)N1C[C@@H]2CCCN[C@@H]2C1. The topological polar surface area (TPSA) is 32.3 Å². The number of piperidine rings is 1. The molecular formula is C15H24N2O. The van der Waals surface area contributed by atoms with Gasteiger partial charge in [0.15, 0.2) is 0 Å². The van der Waals surface area contributed by atoms with Crippen molar-refractivity contribution in [1.29, 1.82) is 0 Å². The number of likely N-dealkylation sites (tertiary alicyclic amines) is 1. The average molecular weight is 248 g/mol. The molecule has 0 radical (unpaired) electrons. The minimum Gasteiger partial charge on any atom is -0.341 e. The van der Waals surface area contributed by atoms with Gasteiger partial charge < -0.3 is 10.2 Å². The van der Waals surface area contributed by atoms with Crippen LogP contribution in [0.2, 0.25) is 0 Å². The molecule has 0 aromatic heterocycles. The molecule has 18 heavy (non-hydrogen) atoms. The molecule has 3 nitrogen and oxygen atoms in total. The van der Waals surface area contributed by atoms with Crippen molar-refractivity contribution in [3.8, 4) is 0 Å². The van der Waals surface area contributed by atoms with Gasteiger partial charge in [0.1, 0.15) is 0 Å². The lowest BCUT2D eigenvalue weighted by molar-refractivity contribution is -0.136. The van der Waals surface area contributed by atoms with E-state index >= 15 is 0 Å². The number of fused-ring (bicyclic) bond motifs is 3. The smallest absolute Gasteiger partial charge is 0.226 e. The van der Waals surface area contributed by atoms with Crippen LogP contribution < -0.4 is 5.32 Å². The summed E-state index contributed by atoms with van der Waals surface area (Å²) >= 11 is 0. The van der Waals surface area contributed by atoms with E-state index in [4.69, 9.17) is 0 Å². The van der Waals surface area contributed by atoms with Crippen molar-refractivity contribution in [2.24, 2.45) is 23.7 Å². The van der Waals surface area contributed by atoms with Gasteiger partial charge in [0.05, 0.1) is 0 Å². The molecule has 0 aromatic rings. The second kappa shape index (κ2) is 4.22. The molecule has 1 N–H and O–H groups in total. The lowest BCUT2D eigenvalue weighted by atomic mass is 9.88. The Morgan fingerprint density at radius 3 is 2.72 bits per heavy atom. The van der Waals surface area contributed by atoms with Crippen molar-refractivity contribution < 1.29 is 4.79 Å². The number of nitrogens with one attached hydrogen (secondary N) is 1. The first kappa shape index (κ1) is 11.3. The lowest BCUT2D eigenvalue weighted by Gasteiger charge is -2.26. The molecule has 2 heterocycles. The standard InChI is InChI=1S/C15H24N2O/c18-15(13-7-10-3-4-11(13)6-10)17-8-12-2-1-5-16-14(12)9-17/h10-14,16H,1-9H2/t10?,11?,12-,13?,14+/m0/s1. The molecule has 0 spiro atoms. The van der Waals surface area contributed by atoms with E-state index in [1.807, 2.05) is 0 Å². The molecule has 5 atom stereocenters. The van der Waals surface area contributed by atoms with Gasteiger partial charge in [-0.05, 0) is 56.4 Å². The number of rotatable bonds is 1. The highest BCUT2D eigenvalue weighted by molar-refractivity contribution is 5.80. The Hall–Kier alpha value is -0.570. The van der Waals surface area contributed by atoms with Crippen LogP contribution in [0.1, 0.15) is 38.5 Å². The average Bonchev–Trinajstić information content (AvgIpc) is 3.11. The molecule has 0 aromatic carbocycles. The van der Waals surface area contributed by atoms with Crippen LogP contribution >= 0.6 is 0 Å². The Morgan fingerprint density at radius 1 is 1.06 bits per heavy atom. The molecular weight excluding hydrogens is 224 g/mol. The molecule has 2 aliphatic heterocycles. The van der Waals surface area contributed by atoms with Crippen LogP contribution in [0.5, 0.6) is 0 Å². The number of amides is 1. The van der Waals surface area contributed by atoms with Crippen LogP contribution in [0.25, 0.3) is 0 Å². The molecule has 3 unspecified atom stereocenters. The van der Waals surface area contributed by atoms with Crippen molar-refractivity contribution in [3.05, 3.63) is 0 Å². The number of hydrogen-bond acceptors (Lipinski definition) is 2. The minimum absolute atomic E-state index is 0.393. The third kappa shape index (κ3) is 1.70. The number of carbonyl (C=O) groups is 1. The Kier molecular flexibility index (Phi) is 2.65. The molecule has 4 aliphatic rings. The van der Waals surface area contributed by atoms with E-state index in [0.717, 1.165) is 37.4 Å². The zero-order valence-corrected chi connectivity index (χ0v) is 11.1. The summed E-state index contributed by atoms with van der Waals surface area (Å²) in [6, 6.07) is 0.598. The van der Waals surface area contributed by atoms with Gasteiger partial charge in [-0.1, -0.05) is 6.42 Å². The summed E-state index contributed by atoms with van der Waals surface area (Å²) in [4.78, 5) is 14.9. The lowest BCUT2D eigenvalue weighted by Crippen LogP contribution is -2.41. The van der Waals surface area contributed by atoms with Gasteiger partial charge in [-0.3, -0.25) is 4.79 Å². The molecule has 2 saturated carbocycles. The third-order valence-electron chi connectivity index (χ3n) is 5.97. The van der Waals surface area contributed by atoms with Crippen molar-refractivity contribution >= 4 is 5.91 Å².